The van der Waals surface area contributed by atoms with Crippen molar-refractivity contribution in [3.05, 3.63) is 40.5 Å². The number of pyridine rings is 2. The minimum Gasteiger partial charge on any atom is -0.276 e. The second-order valence-electron chi connectivity index (χ2n) is 3.58. The van der Waals surface area contributed by atoms with Gasteiger partial charge in [-0.25, -0.2) is 14.4 Å². The average molecular weight is 283 g/mol. The standard InChI is InChI=1S/C11H5Cl2FN4/c12-5-3-8(13)17-11-9(5)6(14)4-15-10(11)7-1-2-16-18-7/h1-4H,(H,16,18). The first-order valence-electron chi connectivity index (χ1n) is 4.97. The molecule has 0 aromatic carbocycles. The lowest BCUT2D eigenvalue weighted by Crippen LogP contribution is -1.94. The van der Waals surface area contributed by atoms with Crippen LogP contribution in [0.2, 0.25) is 10.2 Å². The number of aromatic amines is 1. The zero-order chi connectivity index (χ0) is 12.7. The molecule has 0 saturated heterocycles. The molecule has 0 unspecified atom stereocenters. The molecule has 0 amide bonds. The Labute approximate surface area is 111 Å². The predicted molar refractivity (Wildman–Crippen MR) is 67.1 cm³/mol. The van der Waals surface area contributed by atoms with Crippen molar-refractivity contribution in [3.8, 4) is 11.4 Å². The van der Waals surface area contributed by atoms with Crippen molar-refractivity contribution in [1.29, 1.82) is 0 Å². The van der Waals surface area contributed by atoms with E-state index >= 15 is 0 Å². The number of hydrogen-bond donors (Lipinski definition) is 1. The molecule has 0 radical (unpaired) electrons. The van der Waals surface area contributed by atoms with Crippen LogP contribution in [0.5, 0.6) is 0 Å². The number of nitrogens with one attached hydrogen (secondary N) is 1. The van der Waals surface area contributed by atoms with Gasteiger partial charge in [0.05, 0.1) is 22.3 Å². The van der Waals surface area contributed by atoms with Gasteiger partial charge < -0.3 is 0 Å². The van der Waals surface area contributed by atoms with Gasteiger partial charge in [0, 0.05) is 6.20 Å². The molecule has 3 rings (SSSR count). The van der Waals surface area contributed by atoms with Crippen LogP contribution in [-0.2, 0) is 0 Å². The number of rotatable bonds is 1. The summed E-state index contributed by atoms with van der Waals surface area (Å²) in [5.41, 5.74) is 1.37. The van der Waals surface area contributed by atoms with E-state index in [-0.39, 0.29) is 15.6 Å². The van der Waals surface area contributed by atoms with Crippen LogP contribution < -0.4 is 0 Å². The molecular weight excluding hydrogens is 278 g/mol. The molecule has 0 bridgehead atoms. The van der Waals surface area contributed by atoms with Crippen molar-refractivity contribution in [2.24, 2.45) is 0 Å². The van der Waals surface area contributed by atoms with E-state index in [2.05, 4.69) is 20.2 Å². The van der Waals surface area contributed by atoms with Crippen molar-refractivity contribution < 1.29 is 4.39 Å². The van der Waals surface area contributed by atoms with Gasteiger partial charge in [0.25, 0.3) is 0 Å². The topological polar surface area (TPSA) is 54.5 Å². The first kappa shape index (κ1) is 11.4. The first-order chi connectivity index (χ1) is 8.66. The maximum absolute atomic E-state index is 13.7. The third-order valence-electron chi connectivity index (χ3n) is 2.47. The summed E-state index contributed by atoms with van der Waals surface area (Å²) in [7, 11) is 0. The highest BCUT2D eigenvalue weighted by Crippen LogP contribution is 2.32. The lowest BCUT2D eigenvalue weighted by molar-refractivity contribution is 0.634. The number of fused-ring (bicyclic) bond motifs is 1. The minimum atomic E-state index is -0.539. The van der Waals surface area contributed by atoms with E-state index in [1.807, 2.05) is 0 Å². The average Bonchev–Trinajstić information content (AvgIpc) is 2.81. The van der Waals surface area contributed by atoms with E-state index in [0.717, 1.165) is 6.20 Å². The Morgan fingerprint density at radius 3 is 2.83 bits per heavy atom. The molecule has 7 heteroatoms. The molecule has 90 valence electrons. The number of hydrogen-bond acceptors (Lipinski definition) is 3. The Hall–Kier alpha value is -1.72. The highest BCUT2D eigenvalue weighted by molar-refractivity contribution is 6.38. The number of halogens is 3. The zero-order valence-electron chi connectivity index (χ0n) is 8.78. The molecular formula is C11H5Cl2FN4. The highest BCUT2D eigenvalue weighted by atomic mass is 35.5. The summed E-state index contributed by atoms with van der Waals surface area (Å²) in [6.07, 6.45) is 2.67. The fourth-order valence-corrected chi connectivity index (χ4v) is 2.25. The largest absolute Gasteiger partial charge is 0.276 e. The number of aromatic nitrogens is 4. The fraction of sp³-hybridized carbons (Fsp3) is 0. The van der Waals surface area contributed by atoms with E-state index in [1.54, 1.807) is 12.3 Å². The van der Waals surface area contributed by atoms with Gasteiger partial charge in [0.2, 0.25) is 0 Å². The van der Waals surface area contributed by atoms with E-state index in [9.17, 15) is 4.39 Å². The second kappa shape index (κ2) is 4.19. The lowest BCUT2D eigenvalue weighted by Gasteiger charge is -2.06. The fourth-order valence-electron chi connectivity index (χ4n) is 1.72. The maximum Gasteiger partial charge on any atom is 0.152 e. The summed E-state index contributed by atoms with van der Waals surface area (Å²) < 4.78 is 13.7. The van der Waals surface area contributed by atoms with Gasteiger partial charge in [-0.1, -0.05) is 23.2 Å². The normalized spacial score (nSPS) is 11.1. The minimum absolute atomic E-state index is 0.181. The third-order valence-corrected chi connectivity index (χ3v) is 2.96. The second-order valence-corrected chi connectivity index (χ2v) is 4.37. The van der Waals surface area contributed by atoms with Crippen molar-refractivity contribution >= 4 is 34.1 Å². The molecule has 3 aromatic rings. The van der Waals surface area contributed by atoms with Gasteiger partial charge in [-0.3, -0.25) is 5.10 Å². The molecule has 0 atom stereocenters. The van der Waals surface area contributed by atoms with Crippen LogP contribution in [0, 0.1) is 5.82 Å². The molecule has 0 fully saturated rings. The summed E-state index contributed by atoms with van der Waals surface area (Å²) in [5, 5.41) is 7.14. The molecule has 0 saturated carbocycles. The maximum atomic E-state index is 13.7. The monoisotopic (exact) mass is 282 g/mol. The van der Waals surface area contributed by atoms with Gasteiger partial charge >= 0.3 is 0 Å². The van der Waals surface area contributed by atoms with E-state index in [0.29, 0.717) is 16.9 Å². The van der Waals surface area contributed by atoms with Crippen LogP contribution >= 0.6 is 23.2 Å². The van der Waals surface area contributed by atoms with E-state index < -0.39 is 5.82 Å². The van der Waals surface area contributed by atoms with Gasteiger partial charge in [0.1, 0.15) is 16.4 Å². The molecule has 0 aliphatic heterocycles. The van der Waals surface area contributed by atoms with Crippen LogP contribution in [0.4, 0.5) is 4.39 Å². The molecule has 0 aliphatic rings. The lowest BCUT2D eigenvalue weighted by atomic mass is 10.1. The molecule has 0 aliphatic carbocycles. The highest BCUT2D eigenvalue weighted by Gasteiger charge is 2.15. The van der Waals surface area contributed by atoms with Crippen LogP contribution in [0.25, 0.3) is 22.3 Å². The molecule has 4 nitrogen and oxygen atoms in total. The van der Waals surface area contributed by atoms with Gasteiger partial charge in [-0.2, -0.15) is 5.10 Å². The zero-order valence-corrected chi connectivity index (χ0v) is 10.3. The van der Waals surface area contributed by atoms with Crippen molar-refractivity contribution in [1.82, 2.24) is 20.2 Å². The quantitative estimate of drug-likeness (QED) is 0.696. The van der Waals surface area contributed by atoms with Crippen LogP contribution in [0.3, 0.4) is 0 Å². The first-order valence-corrected chi connectivity index (χ1v) is 5.72. The van der Waals surface area contributed by atoms with E-state index in [1.165, 1.54) is 6.07 Å². The Bertz CT molecular complexity index is 727. The Morgan fingerprint density at radius 1 is 1.28 bits per heavy atom. The summed E-state index contributed by atoms with van der Waals surface area (Å²) in [5.74, 6) is -0.539. The van der Waals surface area contributed by atoms with Gasteiger partial charge in [-0.05, 0) is 12.1 Å². The van der Waals surface area contributed by atoms with Crippen molar-refractivity contribution in [3.63, 3.8) is 0 Å². The van der Waals surface area contributed by atoms with Crippen LogP contribution in [-0.4, -0.2) is 20.2 Å². The molecule has 3 heterocycles. The SMILES string of the molecule is Fc1cnc(-c2ccn[nH]2)c2nc(Cl)cc(Cl)c12. The summed E-state index contributed by atoms with van der Waals surface area (Å²) >= 11 is 11.8. The van der Waals surface area contributed by atoms with Crippen LogP contribution in [0.15, 0.2) is 24.5 Å². The van der Waals surface area contributed by atoms with Crippen molar-refractivity contribution in [2.75, 3.05) is 0 Å². The number of nitrogens with zero attached hydrogens (tertiary/aromatic N) is 3. The third kappa shape index (κ3) is 1.72. The van der Waals surface area contributed by atoms with Gasteiger partial charge in [-0.15, -0.1) is 0 Å². The molecule has 18 heavy (non-hydrogen) atoms. The number of H-pyrrole nitrogens is 1. The van der Waals surface area contributed by atoms with Crippen LogP contribution in [0.1, 0.15) is 0 Å². The smallest absolute Gasteiger partial charge is 0.152 e. The van der Waals surface area contributed by atoms with Crippen molar-refractivity contribution in [2.45, 2.75) is 0 Å². The van der Waals surface area contributed by atoms with Gasteiger partial charge in [0.15, 0.2) is 5.82 Å². The Morgan fingerprint density at radius 2 is 2.11 bits per heavy atom. The Balaban J connectivity index is 2.45. The molecule has 3 aromatic heterocycles. The molecule has 0 spiro atoms. The summed E-state index contributed by atoms with van der Waals surface area (Å²) in [6.45, 7) is 0. The van der Waals surface area contributed by atoms with E-state index in [4.69, 9.17) is 23.2 Å². The molecule has 1 N–H and O–H groups in total. The Kier molecular flexibility index (Phi) is 2.65. The predicted octanol–water partition coefficient (Wildman–Crippen LogP) is 3.47. The summed E-state index contributed by atoms with van der Waals surface area (Å²) in [4.78, 5) is 8.09. The summed E-state index contributed by atoms with van der Waals surface area (Å²) in [6, 6.07) is 3.10.